The molecule has 0 amide bonds. The molecule has 1 N–H and O–H groups in total. The predicted octanol–water partition coefficient (Wildman–Crippen LogP) is 1.21. The number of aliphatic carboxylic acids is 1. The van der Waals surface area contributed by atoms with E-state index in [0.29, 0.717) is 10.2 Å². The van der Waals surface area contributed by atoms with Gasteiger partial charge in [-0.15, -0.1) is 16.4 Å². The highest BCUT2D eigenvalue weighted by molar-refractivity contribution is 7.18. The van der Waals surface area contributed by atoms with E-state index in [4.69, 9.17) is 5.11 Å². The number of hydrogen-bond donors (Lipinski definition) is 1. The van der Waals surface area contributed by atoms with Gasteiger partial charge < -0.3 is 5.11 Å². The van der Waals surface area contributed by atoms with Gasteiger partial charge in [-0.25, -0.2) is 4.68 Å². The van der Waals surface area contributed by atoms with E-state index in [1.807, 2.05) is 0 Å². The molecule has 1 aliphatic rings. The molecular weight excluding hydrogens is 266 g/mol. The first-order valence-electron chi connectivity index (χ1n) is 6.26. The Kier molecular flexibility index (Phi) is 3.06. The maximum Gasteiger partial charge on any atom is 0.305 e. The van der Waals surface area contributed by atoms with Gasteiger partial charge in [0.15, 0.2) is 4.83 Å². The van der Waals surface area contributed by atoms with E-state index in [-0.39, 0.29) is 18.5 Å². The summed E-state index contributed by atoms with van der Waals surface area (Å²) >= 11 is 1.54. The minimum absolute atomic E-state index is 0.0712. The molecule has 6 nitrogen and oxygen atoms in total. The lowest BCUT2D eigenvalue weighted by Crippen LogP contribution is -2.25. The molecule has 2 aromatic rings. The molecule has 100 valence electrons. The lowest BCUT2D eigenvalue weighted by atomic mass is 9.97. The molecule has 0 fully saturated rings. The van der Waals surface area contributed by atoms with Gasteiger partial charge in [0.25, 0.3) is 5.56 Å². The van der Waals surface area contributed by atoms with Crippen molar-refractivity contribution in [1.29, 1.82) is 0 Å². The van der Waals surface area contributed by atoms with Crippen LogP contribution in [0.25, 0.3) is 10.2 Å². The molecule has 0 unspecified atom stereocenters. The molecule has 0 saturated heterocycles. The monoisotopic (exact) mass is 279 g/mol. The zero-order chi connectivity index (χ0) is 13.4. The summed E-state index contributed by atoms with van der Waals surface area (Å²) < 4.78 is 1.16. The first kappa shape index (κ1) is 12.3. The van der Waals surface area contributed by atoms with Crippen molar-refractivity contribution in [2.75, 3.05) is 0 Å². The van der Waals surface area contributed by atoms with Gasteiger partial charge in [-0.3, -0.25) is 9.59 Å². The number of aromatic nitrogens is 3. The van der Waals surface area contributed by atoms with Gasteiger partial charge in [0, 0.05) is 4.88 Å². The molecule has 3 rings (SSSR count). The van der Waals surface area contributed by atoms with Crippen molar-refractivity contribution < 1.29 is 9.90 Å². The van der Waals surface area contributed by atoms with E-state index in [0.717, 1.165) is 35.9 Å². The number of carbonyl (C=O) groups is 1. The molecule has 2 aromatic heterocycles. The number of fused-ring (bicyclic) bond motifs is 3. The Balaban J connectivity index is 2.10. The summed E-state index contributed by atoms with van der Waals surface area (Å²) in [4.78, 5) is 24.8. The number of thiophene rings is 1. The molecule has 2 heterocycles. The quantitative estimate of drug-likeness (QED) is 0.912. The third-order valence-electron chi connectivity index (χ3n) is 3.38. The molecular formula is C12H13N3O3S. The minimum atomic E-state index is -0.943. The topological polar surface area (TPSA) is 85.1 Å². The molecule has 0 atom stereocenters. The van der Waals surface area contributed by atoms with Crippen molar-refractivity contribution in [3.8, 4) is 0 Å². The number of carboxylic acids is 1. The summed E-state index contributed by atoms with van der Waals surface area (Å²) in [5.74, 6) is -0.943. The second kappa shape index (κ2) is 4.73. The van der Waals surface area contributed by atoms with E-state index in [1.54, 1.807) is 11.3 Å². The van der Waals surface area contributed by atoms with Crippen LogP contribution < -0.4 is 5.56 Å². The standard InChI is InChI=1S/C12H13N3O3S/c16-9(17)5-6-15-12(18)10-7-3-1-2-4-8(7)19-11(10)13-14-15/h1-6H2,(H,16,17). The average molecular weight is 279 g/mol. The third-order valence-corrected chi connectivity index (χ3v) is 4.56. The van der Waals surface area contributed by atoms with Crippen molar-refractivity contribution >= 4 is 27.5 Å². The van der Waals surface area contributed by atoms with Crippen molar-refractivity contribution in [2.45, 2.75) is 38.6 Å². The third kappa shape index (κ3) is 2.14. The first-order chi connectivity index (χ1) is 9.16. The highest BCUT2D eigenvalue weighted by Crippen LogP contribution is 2.32. The summed E-state index contributed by atoms with van der Waals surface area (Å²) in [6.07, 6.45) is 4.04. The Labute approximate surface area is 112 Å². The maximum atomic E-state index is 12.3. The fourth-order valence-electron chi connectivity index (χ4n) is 2.45. The fourth-order valence-corrected chi connectivity index (χ4v) is 3.65. The van der Waals surface area contributed by atoms with E-state index in [9.17, 15) is 9.59 Å². The molecule has 0 radical (unpaired) electrons. The smallest absolute Gasteiger partial charge is 0.305 e. The number of aryl methyl sites for hydroxylation is 3. The molecule has 0 aromatic carbocycles. The number of carboxylic acid groups (broad SMARTS) is 1. The van der Waals surface area contributed by atoms with E-state index < -0.39 is 5.97 Å². The highest BCUT2D eigenvalue weighted by Gasteiger charge is 2.20. The fraction of sp³-hybridized carbons (Fsp3) is 0.500. The summed E-state index contributed by atoms with van der Waals surface area (Å²) in [6.45, 7) is 0.0712. The molecule has 0 bridgehead atoms. The molecule has 0 spiro atoms. The molecule has 7 heteroatoms. The van der Waals surface area contributed by atoms with Crippen LogP contribution in [0.5, 0.6) is 0 Å². The zero-order valence-electron chi connectivity index (χ0n) is 10.3. The predicted molar refractivity (Wildman–Crippen MR) is 70.6 cm³/mol. The van der Waals surface area contributed by atoms with Crippen molar-refractivity contribution in [3.63, 3.8) is 0 Å². The lowest BCUT2D eigenvalue weighted by molar-refractivity contribution is -0.137. The van der Waals surface area contributed by atoms with E-state index >= 15 is 0 Å². The minimum Gasteiger partial charge on any atom is -0.481 e. The van der Waals surface area contributed by atoms with Crippen LogP contribution in [0.4, 0.5) is 0 Å². The largest absolute Gasteiger partial charge is 0.481 e. The average Bonchev–Trinajstić information content (AvgIpc) is 2.76. The zero-order valence-corrected chi connectivity index (χ0v) is 11.1. The van der Waals surface area contributed by atoms with E-state index in [2.05, 4.69) is 10.3 Å². The van der Waals surface area contributed by atoms with Crippen LogP contribution in [0, 0.1) is 0 Å². The maximum absolute atomic E-state index is 12.3. The Hall–Kier alpha value is -1.76. The van der Waals surface area contributed by atoms with Gasteiger partial charge in [0.1, 0.15) is 0 Å². The van der Waals surface area contributed by atoms with E-state index in [1.165, 1.54) is 4.88 Å². The van der Waals surface area contributed by atoms with Gasteiger partial charge in [0.2, 0.25) is 0 Å². The van der Waals surface area contributed by atoms with Gasteiger partial charge in [-0.05, 0) is 31.2 Å². The number of rotatable bonds is 3. The van der Waals surface area contributed by atoms with Crippen LogP contribution in [-0.2, 0) is 24.2 Å². The lowest BCUT2D eigenvalue weighted by Gasteiger charge is -2.09. The number of nitrogens with zero attached hydrogens (tertiary/aromatic N) is 3. The van der Waals surface area contributed by atoms with Crippen LogP contribution in [0.15, 0.2) is 4.79 Å². The molecule has 19 heavy (non-hydrogen) atoms. The van der Waals surface area contributed by atoms with Crippen LogP contribution in [-0.4, -0.2) is 26.1 Å². The van der Waals surface area contributed by atoms with Crippen molar-refractivity contribution in [3.05, 3.63) is 20.8 Å². The van der Waals surface area contributed by atoms with Gasteiger partial charge in [-0.1, -0.05) is 5.21 Å². The summed E-state index contributed by atoms with van der Waals surface area (Å²) in [5.41, 5.74) is 0.904. The second-order valence-electron chi connectivity index (χ2n) is 4.65. The van der Waals surface area contributed by atoms with Gasteiger partial charge in [0.05, 0.1) is 18.4 Å². The Morgan fingerprint density at radius 3 is 2.95 bits per heavy atom. The normalized spacial score (nSPS) is 14.5. The van der Waals surface area contributed by atoms with Crippen LogP contribution in [0.1, 0.15) is 29.7 Å². The SMILES string of the molecule is O=C(O)CCn1nnc2sc3c(c2c1=O)CCCC3. The van der Waals surface area contributed by atoms with Crippen molar-refractivity contribution in [1.82, 2.24) is 15.0 Å². The summed E-state index contributed by atoms with van der Waals surface area (Å²) in [5, 5.41) is 17.2. The van der Waals surface area contributed by atoms with Crippen LogP contribution in [0.2, 0.25) is 0 Å². The molecule has 0 saturated carbocycles. The first-order valence-corrected chi connectivity index (χ1v) is 7.08. The molecule has 0 aliphatic heterocycles. The summed E-state index contributed by atoms with van der Waals surface area (Å²) in [6, 6.07) is 0. The second-order valence-corrected chi connectivity index (χ2v) is 5.74. The van der Waals surface area contributed by atoms with Crippen molar-refractivity contribution in [2.24, 2.45) is 0 Å². The Morgan fingerprint density at radius 2 is 2.16 bits per heavy atom. The van der Waals surface area contributed by atoms with Crippen LogP contribution in [0.3, 0.4) is 0 Å². The Morgan fingerprint density at radius 1 is 1.37 bits per heavy atom. The highest BCUT2D eigenvalue weighted by atomic mass is 32.1. The number of hydrogen-bond acceptors (Lipinski definition) is 5. The summed E-state index contributed by atoms with van der Waals surface area (Å²) in [7, 11) is 0. The van der Waals surface area contributed by atoms with Gasteiger partial charge in [-0.2, -0.15) is 0 Å². The molecule has 1 aliphatic carbocycles. The Bertz CT molecular complexity index is 704. The van der Waals surface area contributed by atoms with Crippen LogP contribution >= 0.6 is 11.3 Å². The van der Waals surface area contributed by atoms with Gasteiger partial charge >= 0.3 is 5.97 Å².